The van der Waals surface area contributed by atoms with Crippen molar-refractivity contribution in [2.45, 2.75) is 0 Å². The zero-order valence-electron chi connectivity index (χ0n) is 7.77. The standard InChI is InChI=1S/C9H8N2OS.Na/c10-9-11-8(12)7(13-9)6-4-2-1-3-5-6;/h1-5,12H,(H2,10,11);/q;+1. The Kier molecular flexibility index (Phi) is 3.95. The van der Waals surface area contributed by atoms with E-state index in [0.717, 1.165) is 10.4 Å². The topological polar surface area (TPSA) is 59.1 Å². The molecule has 1 aromatic heterocycles. The van der Waals surface area contributed by atoms with Crippen LogP contribution in [0.3, 0.4) is 0 Å². The summed E-state index contributed by atoms with van der Waals surface area (Å²) >= 11 is 1.28. The number of hydrogen-bond donors (Lipinski definition) is 2. The summed E-state index contributed by atoms with van der Waals surface area (Å²) in [5.74, 6) is 0.00806. The summed E-state index contributed by atoms with van der Waals surface area (Å²) in [4.78, 5) is 4.46. The molecule has 0 spiro atoms. The van der Waals surface area contributed by atoms with Gasteiger partial charge >= 0.3 is 29.6 Å². The first-order chi connectivity index (χ1) is 6.27. The third-order valence-corrected chi connectivity index (χ3v) is 2.58. The van der Waals surface area contributed by atoms with E-state index in [1.165, 1.54) is 11.3 Å². The molecule has 5 heteroatoms. The Balaban J connectivity index is 0.000000980. The Bertz CT molecular complexity index is 416. The number of benzene rings is 1. The summed E-state index contributed by atoms with van der Waals surface area (Å²) < 4.78 is 0. The number of aromatic nitrogens is 1. The molecule has 0 radical (unpaired) electrons. The first kappa shape index (κ1) is 11.5. The minimum atomic E-state index is 0. The quantitative estimate of drug-likeness (QED) is 0.606. The molecule has 1 aromatic carbocycles. The van der Waals surface area contributed by atoms with Gasteiger partial charge in [0.15, 0.2) is 5.13 Å². The average Bonchev–Trinajstić information content (AvgIpc) is 2.47. The van der Waals surface area contributed by atoms with Gasteiger partial charge in [-0.15, -0.1) is 0 Å². The number of hydrogen-bond acceptors (Lipinski definition) is 4. The van der Waals surface area contributed by atoms with Crippen LogP contribution in [0.25, 0.3) is 10.4 Å². The fourth-order valence-electron chi connectivity index (χ4n) is 1.11. The van der Waals surface area contributed by atoms with E-state index in [2.05, 4.69) is 4.98 Å². The third-order valence-electron chi connectivity index (χ3n) is 1.66. The zero-order valence-corrected chi connectivity index (χ0v) is 10.6. The number of aromatic hydroxyl groups is 1. The van der Waals surface area contributed by atoms with Gasteiger partial charge in [0, 0.05) is 0 Å². The summed E-state index contributed by atoms with van der Waals surface area (Å²) in [5.41, 5.74) is 6.40. The first-order valence-corrected chi connectivity index (χ1v) is 4.59. The molecular weight excluding hydrogens is 207 g/mol. The minimum absolute atomic E-state index is 0. The Morgan fingerprint density at radius 2 is 1.86 bits per heavy atom. The first-order valence-electron chi connectivity index (χ1n) is 3.78. The van der Waals surface area contributed by atoms with Gasteiger partial charge in [-0.25, -0.2) is 0 Å². The fourth-order valence-corrected chi connectivity index (χ4v) is 1.84. The van der Waals surface area contributed by atoms with Crippen LogP contribution >= 0.6 is 11.3 Å². The van der Waals surface area contributed by atoms with Crippen LogP contribution in [0.4, 0.5) is 5.13 Å². The molecule has 3 nitrogen and oxygen atoms in total. The molecule has 0 aliphatic heterocycles. The van der Waals surface area contributed by atoms with Crippen molar-refractivity contribution in [2.24, 2.45) is 0 Å². The van der Waals surface area contributed by atoms with E-state index >= 15 is 0 Å². The molecular formula is C9H8N2NaOS+. The molecule has 66 valence electrons. The van der Waals surface area contributed by atoms with Gasteiger partial charge in [0.05, 0.1) is 4.88 Å². The minimum Gasteiger partial charge on any atom is -0.492 e. The second kappa shape index (κ2) is 4.79. The van der Waals surface area contributed by atoms with E-state index < -0.39 is 0 Å². The molecule has 14 heavy (non-hydrogen) atoms. The van der Waals surface area contributed by atoms with E-state index in [-0.39, 0.29) is 35.4 Å². The van der Waals surface area contributed by atoms with Crippen molar-refractivity contribution >= 4 is 16.5 Å². The maximum atomic E-state index is 9.40. The summed E-state index contributed by atoms with van der Waals surface area (Å²) in [6.45, 7) is 0. The van der Waals surface area contributed by atoms with Crippen molar-refractivity contribution in [2.75, 3.05) is 5.73 Å². The van der Waals surface area contributed by atoms with Crippen LogP contribution in [0.2, 0.25) is 0 Å². The van der Waals surface area contributed by atoms with Crippen molar-refractivity contribution in [1.82, 2.24) is 4.98 Å². The van der Waals surface area contributed by atoms with Crippen molar-refractivity contribution in [3.8, 4) is 16.3 Å². The maximum absolute atomic E-state index is 9.40. The summed E-state index contributed by atoms with van der Waals surface area (Å²) in [6.07, 6.45) is 0. The molecule has 0 atom stereocenters. The molecule has 0 bridgehead atoms. The van der Waals surface area contributed by atoms with Crippen LogP contribution < -0.4 is 35.3 Å². The van der Waals surface area contributed by atoms with Gasteiger partial charge in [0.25, 0.3) is 0 Å². The number of anilines is 1. The molecule has 0 amide bonds. The van der Waals surface area contributed by atoms with E-state index in [1.807, 2.05) is 30.3 Å². The predicted molar refractivity (Wildman–Crippen MR) is 53.6 cm³/mol. The van der Waals surface area contributed by atoms with Crippen LogP contribution in [-0.4, -0.2) is 10.1 Å². The molecule has 2 rings (SSSR count). The monoisotopic (exact) mass is 215 g/mol. The van der Waals surface area contributed by atoms with Gasteiger partial charge in [-0.3, -0.25) is 0 Å². The van der Waals surface area contributed by atoms with E-state index in [9.17, 15) is 5.11 Å². The van der Waals surface area contributed by atoms with Crippen LogP contribution in [0, 0.1) is 0 Å². The molecule has 0 fully saturated rings. The molecule has 0 aliphatic rings. The van der Waals surface area contributed by atoms with Crippen molar-refractivity contribution < 1.29 is 34.7 Å². The van der Waals surface area contributed by atoms with Gasteiger partial charge < -0.3 is 10.8 Å². The average molecular weight is 215 g/mol. The smallest absolute Gasteiger partial charge is 0.492 e. The van der Waals surface area contributed by atoms with Gasteiger partial charge in [-0.05, 0) is 5.56 Å². The molecule has 0 saturated carbocycles. The number of nitrogens with zero attached hydrogens (tertiary/aromatic N) is 1. The van der Waals surface area contributed by atoms with Gasteiger partial charge in [0.1, 0.15) is 0 Å². The SMILES string of the molecule is Nc1nc(O)c(-c2ccccc2)s1.[Na+]. The van der Waals surface area contributed by atoms with Gasteiger partial charge in [-0.1, -0.05) is 41.7 Å². The number of nitrogen functional groups attached to an aromatic ring is 1. The van der Waals surface area contributed by atoms with E-state index in [4.69, 9.17) is 5.73 Å². The molecule has 0 saturated heterocycles. The van der Waals surface area contributed by atoms with Gasteiger partial charge in [-0.2, -0.15) is 4.98 Å². The Morgan fingerprint density at radius 3 is 2.36 bits per heavy atom. The molecule has 3 N–H and O–H groups in total. The fraction of sp³-hybridized carbons (Fsp3) is 0. The number of rotatable bonds is 1. The summed E-state index contributed by atoms with van der Waals surface area (Å²) in [7, 11) is 0. The normalized spacial score (nSPS) is 9.43. The van der Waals surface area contributed by atoms with Crippen LogP contribution in [0.5, 0.6) is 5.88 Å². The van der Waals surface area contributed by atoms with Gasteiger partial charge in [0.2, 0.25) is 5.88 Å². The van der Waals surface area contributed by atoms with Crippen molar-refractivity contribution in [1.29, 1.82) is 0 Å². The van der Waals surface area contributed by atoms with Crippen molar-refractivity contribution in [3.63, 3.8) is 0 Å². The third kappa shape index (κ3) is 2.27. The molecule has 0 aliphatic carbocycles. The second-order valence-corrected chi connectivity index (χ2v) is 3.60. The molecule has 1 heterocycles. The number of thiazole rings is 1. The predicted octanol–water partition coefficient (Wildman–Crippen LogP) is -0.898. The second-order valence-electron chi connectivity index (χ2n) is 2.57. The summed E-state index contributed by atoms with van der Waals surface area (Å²) in [5, 5.41) is 9.79. The van der Waals surface area contributed by atoms with Crippen LogP contribution in [0.1, 0.15) is 0 Å². The van der Waals surface area contributed by atoms with E-state index in [1.54, 1.807) is 0 Å². The van der Waals surface area contributed by atoms with Crippen LogP contribution in [0.15, 0.2) is 30.3 Å². The Morgan fingerprint density at radius 1 is 1.21 bits per heavy atom. The summed E-state index contributed by atoms with van der Waals surface area (Å²) in [6, 6.07) is 9.56. The zero-order chi connectivity index (χ0) is 9.26. The van der Waals surface area contributed by atoms with Crippen molar-refractivity contribution in [3.05, 3.63) is 30.3 Å². The molecule has 2 aromatic rings. The van der Waals surface area contributed by atoms with Crippen LogP contribution in [-0.2, 0) is 0 Å². The number of nitrogens with two attached hydrogens (primary N) is 1. The largest absolute Gasteiger partial charge is 1.00 e. The molecule has 0 unspecified atom stereocenters. The Hall–Kier alpha value is -0.550. The Labute approximate surface area is 108 Å². The van der Waals surface area contributed by atoms with E-state index in [0.29, 0.717) is 5.13 Å². The maximum Gasteiger partial charge on any atom is 1.00 e.